The van der Waals surface area contributed by atoms with Crippen molar-refractivity contribution in [3.8, 4) is 0 Å². The SMILES string of the molecule is Cc1cccc2[nH]c(Cc3ccc(F)c(F)c3)nc12. The van der Waals surface area contributed by atoms with E-state index < -0.39 is 11.6 Å². The van der Waals surface area contributed by atoms with Crippen molar-refractivity contribution in [3.63, 3.8) is 0 Å². The highest BCUT2D eigenvalue weighted by molar-refractivity contribution is 5.78. The smallest absolute Gasteiger partial charge is 0.159 e. The summed E-state index contributed by atoms with van der Waals surface area (Å²) in [5.41, 5.74) is 3.65. The third kappa shape index (κ3) is 2.21. The topological polar surface area (TPSA) is 28.7 Å². The average molecular weight is 258 g/mol. The van der Waals surface area contributed by atoms with Crippen LogP contribution in [0.5, 0.6) is 0 Å². The third-order valence-electron chi connectivity index (χ3n) is 3.12. The molecule has 0 fully saturated rings. The van der Waals surface area contributed by atoms with Crippen molar-refractivity contribution in [3.05, 3.63) is 65.0 Å². The number of nitrogens with zero attached hydrogens (tertiary/aromatic N) is 1. The van der Waals surface area contributed by atoms with E-state index in [1.54, 1.807) is 6.07 Å². The number of hydrogen-bond acceptors (Lipinski definition) is 1. The molecule has 4 heteroatoms. The summed E-state index contributed by atoms with van der Waals surface area (Å²) in [6, 6.07) is 9.80. The van der Waals surface area contributed by atoms with Crippen LogP contribution in [0, 0.1) is 18.6 Å². The molecule has 0 saturated carbocycles. The van der Waals surface area contributed by atoms with Crippen LogP contribution in [0.1, 0.15) is 17.0 Å². The van der Waals surface area contributed by atoms with Gasteiger partial charge in [-0.15, -0.1) is 0 Å². The van der Waals surface area contributed by atoms with Gasteiger partial charge in [-0.05, 0) is 36.2 Å². The van der Waals surface area contributed by atoms with Crippen LogP contribution >= 0.6 is 0 Å². The number of fused-ring (bicyclic) bond motifs is 1. The second-order valence-corrected chi connectivity index (χ2v) is 4.58. The molecule has 0 atom stereocenters. The Labute approximate surface area is 109 Å². The number of hydrogen-bond donors (Lipinski definition) is 1. The maximum Gasteiger partial charge on any atom is 0.159 e. The summed E-state index contributed by atoms with van der Waals surface area (Å²) in [4.78, 5) is 7.68. The number of para-hydroxylation sites is 1. The molecule has 0 saturated heterocycles. The zero-order chi connectivity index (χ0) is 13.4. The number of nitrogens with one attached hydrogen (secondary N) is 1. The summed E-state index contributed by atoms with van der Waals surface area (Å²) in [5, 5.41) is 0. The lowest BCUT2D eigenvalue weighted by Gasteiger charge is -1.99. The van der Waals surface area contributed by atoms with E-state index in [4.69, 9.17) is 0 Å². The van der Waals surface area contributed by atoms with Crippen molar-refractivity contribution in [2.24, 2.45) is 0 Å². The Bertz CT molecular complexity index is 747. The molecule has 0 spiro atoms. The second kappa shape index (κ2) is 4.46. The molecule has 0 radical (unpaired) electrons. The number of imidazole rings is 1. The molecule has 0 aliphatic heterocycles. The average Bonchev–Trinajstić information content (AvgIpc) is 2.78. The highest BCUT2D eigenvalue weighted by Crippen LogP contribution is 2.18. The molecule has 1 heterocycles. The largest absolute Gasteiger partial charge is 0.342 e. The van der Waals surface area contributed by atoms with Gasteiger partial charge < -0.3 is 4.98 Å². The van der Waals surface area contributed by atoms with Gasteiger partial charge in [0.2, 0.25) is 0 Å². The van der Waals surface area contributed by atoms with Gasteiger partial charge >= 0.3 is 0 Å². The van der Waals surface area contributed by atoms with E-state index in [-0.39, 0.29) is 0 Å². The molecule has 96 valence electrons. The molecule has 19 heavy (non-hydrogen) atoms. The zero-order valence-corrected chi connectivity index (χ0v) is 10.4. The first-order valence-corrected chi connectivity index (χ1v) is 6.01. The van der Waals surface area contributed by atoms with Crippen molar-refractivity contribution in [2.45, 2.75) is 13.3 Å². The minimum absolute atomic E-state index is 0.450. The minimum Gasteiger partial charge on any atom is -0.342 e. The summed E-state index contributed by atoms with van der Waals surface area (Å²) < 4.78 is 26.0. The fourth-order valence-corrected chi connectivity index (χ4v) is 2.15. The molecule has 0 aliphatic carbocycles. The molecule has 0 aliphatic rings. The number of aromatic amines is 1. The first kappa shape index (κ1) is 11.8. The number of halogens is 2. The van der Waals surface area contributed by atoms with Gasteiger partial charge in [0.15, 0.2) is 11.6 Å². The van der Waals surface area contributed by atoms with E-state index in [1.807, 2.05) is 25.1 Å². The summed E-state index contributed by atoms with van der Waals surface area (Å²) in [6.07, 6.45) is 0.450. The van der Waals surface area contributed by atoms with E-state index >= 15 is 0 Å². The van der Waals surface area contributed by atoms with Gasteiger partial charge in [-0.1, -0.05) is 18.2 Å². The molecule has 0 unspecified atom stereocenters. The molecule has 0 amide bonds. The first-order chi connectivity index (χ1) is 9.13. The highest BCUT2D eigenvalue weighted by Gasteiger charge is 2.07. The fraction of sp³-hybridized carbons (Fsp3) is 0.133. The van der Waals surface area contributed by atoms with Crippen LogP contribution in [0.25, 0.3) is 11.0 Å². The lowest BCUT2D eigenvalue weighted by atomic mass is 10.1. The van der Waals surface area contributed by atoms with Gasteiger partial charge in [0.05, 0.1) is 11.0 Å². The quantitative estimate of drug-likeness (QED) is 0.745. The Balaban J connectivity index is 1.96. The standard InChI is InChI=1S/C15H12F2N2/c1-9-3-2-4-13-15(9)19-14(18-13)8-10-5-6-11(16)12(17)7-10/h2-7H,8H2,1H3,(H,18,19). The van der Waals surface area contributed by atoms with Crippen LogP contribution in [-0.2, 0) is 6.42 Å². The number of benzene rings is 2. The van der Waals surface area contributed by atoms with Crippen molar-refractivity contribution < 1.29 is 8.78 Å². The van der Waals surface area contributed by atoms with E-state index in [0.29, 0.717) is 12.0 Å². The molecule has 1 N–H and O–H groups in total. The van der Waals surface area contributed by atoms with E-state index in [9.17, 15) is 8.78 Å². The van der Waals surface area contributed by atoms with Crippen LogP contribution in [0.15, 0.2) is 36.4 Å². The maximum atomic E-state index is 13.1. The summed E-state index contributed by atoms with van der Waals surface area (Å²) >= 11 is 0. The minimum atomic E-state index is -0.829. The Morgan fingerprint density at radius 2 is 1.95 bits per heavy atom. The van der Waals surface area contributed by atoms with Crippen molar-refractivity contribution in [1.82, 2.24) is 9.97 Å². The molecule has 3 aromatic rings. The molecule has 3 rings (SSSR count). The lowest BCUT2D eigenvalue weighted by Crippen LogP contribution is -1.93. The Morgan fingerprint density at radius 3 is 2.68 bits per heavy atom. The monoisotopic (exact) mass is 258 g/mol. The van der Waals surface area contributed by atoms with E-state index in [1.165, 1.54) is 6.07 Å². The van der Waals surface area contributed by atoms with Gasteiger partial charge in [-0.2, -0.15) is 0 Å². The van der Waals surface area contributed by atoms with Crippen molar-refractivity contribution in [1.29, 1.82) is 0 Å². The summed E-state index contributed by atoms with van der Waals surface area (Å²) in [7, 11) is 0. The van der Waals surface area contributed by atoms with Crippen molar-refractivity contribution >= 4 is 11.0 Å². The molecule has 2 nitrogen and oxygen atoms in total. The Morgan fingerprint density at radius 1 is 1.11 bits per heavy atom. The second-order valence-electron chi connectivity index (χ2n) is 4.58. The number of aromatic nitrogens is 2. The maximum absolute atomic E-state index is 13.1. The predicted molar refractivity (Wildman–Crippen MR) is 70.0 cm³/mol. The van der Waals surface area contributed by atoms with Crippen LogP contribution in [0.4, 0.5) is 8.78 Å². The van der Waals surface area contributed by atoms with Crippen LogP contribution in [-0.4, -0.2) is 9.97 Å². The third-order valence-corrected chi connectivity index (χ3v) is 3.12. The zero-order valence-electron chi connectivity index (χ0n) is 10.4. The normalized spacial score (nSPS) is 11.1. The van der Waals surface area contributed by atoms with Crippen LogP contribution in [0.3, 0.4) is 0 Å². The molecule has 1 aromatic heterocycles. The first-order valence-electron chi connectivity index (χ1n) is 6.01. The fourth-order valence-electron chi connectivity index (χ4n) is 2.15. The summed E-state index contributed by atoms with van der Waals surface area (Å²) in [6.45, 7) is 1.99. The number of rotatable bonds is 2. The van der Waals surface area contributed by atoms with Gasteiger partial charge in [0.1, 0.15) is 5.82 Å². The van der Waals surface area contributed by atoms with Gasteiger partial charge in [-0.25, -0.2) is 13.8 Å². The molecule has 0 bridgehead atoms. The Hall–Kier alpha value is -2.23. The van der Waals surface area contributed by atoms with Crippen LogP contribution in [0.2, 0.25) is 0 Å². The van der Waals surface area contributed by atoms with Crippen molar-refractivity contribution in [2.75, 3.05) is 0 Å². The van der Waals surface area contributed by atoms with E-state index in [2.05, 4.69) is 9.97 Å². The molecule has 2 aromatic carbocycles. The van der Waals surface area contributed by atoms with Gasteiger partial charge in [-0.3, -0.25) is 0 Å². The summed E-state index contributed by atoms with van der Waals surface area (Å²) in [5.74, 6) is -0.913. The van der Waals surface area contributed by atoms with Crippen LogP contribution < -0.4 is 0 Å². The molecular weight excluding hydrogens is 246 g/mol. The van der Waals surface area contributed by atoms with E-state index in [0.717, 1.165) is 28.5 Å². The number of aryl methyl sites for hydroxylation is 1. The number of H-pyrrole nitrogens is 1. The van der Waals surface area contributed by atoms with Gasteiger partial charge in [0.25, 0.3) is 0 Å². The lowest BCUT2D eigenvalue weighted by molar-refractivity contribution is 0.507. The molecular formula is C15H12F2N2. The van der Waals surface area contributed by atoms with Gasteiger partial charge in [0, 0.05) is 6.42 Å². The Kier molecular flexibility index (Phi) is 2.78. The highest BCUT2D eigenvalue weighted by atomic mass is 19.2. The predicted octanol–water partition coefficient (Wildman–Crippen LogP) is 3.74.